The summed E-state index contributed by atoms with van der Waals surface area (Å²) in [6, 6.07) is 0. The van der Waals surface area contributed by atoms with Crippen molar-refractivity contribution in [2.24, 2.45) is 5.73 Å². The van der Waals surface area contributed by atoms with Gasteiger partial charge in [0.1, 0.15) is 11.8 Å². The predicted molar refractivity (Wildman–Crippen MR) is 65.2 cm³/mol. The summed E-state index contributed by atoms with van der Waals surface area (Å²) in [5.74, 6) is -2.15. The van der Waals surface area contributed by atoms with Crippen LogP contribution in [-0.4, -0.2) is 30.6 Å². The third kappa shape index (κ3) is 26.6. The molecule has 0 rings (SSSR count). The average molecular weight is 319 g/mol. The Morgan fingerprint density at radius 1 is 1.05 bits per heavy atom. The molecule has 0 saturated carbocycles. The van der Waals surface area contributed by atoms with Gasteiger partial charge in [-0.2, -0.15) is 0 Å². The Labute approximate surface area is 148 Å². The summed E-state index contributed by atoms with van der Waals surface area (Å²) in [5.41, 5.74) is 8.79. The molecule has 0 aliphatic carbocycles. The van der Waals surface area contributed by atoms with E-state index in [-0.39, 0.29) is 48.4 Å². The molecular weight excluding hydrogens is 295 g/mol. The van der Waals surface area contributed by atoms with Crippen LogP contribution < -0.4 is 58.5 Å². The topological polar surface area (TPSA) is 128 Å². The summed E-state index contributed by atoms with van der Waals surface area (Å²) in [6.45, 7) is 3.07. The van der Waals surface area contributed by atoms with Crippen molar-refractivity contribution < 1.29 is 67.2 Å². The summed E-state index contributed by atoms with van der Waals surface area (Å²) in [5, 5.41) is 9.80. The molecule has 0 heterocycles. The van der Waals surface area contributed by atoms with Gasteiger partial charge in [-0.05, 0) is 39.2 Å². The van der Waals surface area contributed by atoms with E-state index in [0.29, 0.717) is 25.2 Å². The molecule has 0 unspecified atom stereocenters. The third-order valence-corrected chi connectivity index (χ3v) is 2.11. The molecule has 8 heteroatoms. The molecule has 0 amide bonds. The molecule has 0 bridgehead atoms. The molecule has 0 aromatic rings. The van der Waals surface area contributed by atoms with E-state index in [1.807, 2.05) is 0 Å². The van der Waals surface area contributed by atoms with E-state index in [2.05, 4.69) is 5.73 Å². The first kappa shape index (κ1) is 28.2. The zero-order chi connectivity index (χ0) is 14.4. The van der Waals surface area contributed by atoms with E-state index in [4.69, 9.17) is 5.73 Å². The number of unbranched alkanes of at least 4 members (excludes halogenated alkanes) is 2. The fraction of sp³-hybridized carbons (Fsp3) is 0.750. The second-order valence-electron chi connectivity index (χ2n) is 3.97. The van der Waals surface area contributed by atoms with Gasteiger partial charge >= 0.3 is 29.6 Å². The largest absolute Gasteiger partial charge is 1.00 e. The van der Waals surface area contributed by atoms with E-state index in [0.717, 1.165) is 25.8 Å². The number of halogens is 1. The van der Waals surface area contributed by atoms with E-state index in [1.54, 1.807) is 6.92 Å². The molecule has 0 aliphatic heterocycles. The van der Waals surface area contributed by atoms with Crippen LogP contribution in [0.5, 0.6) is 0 Å². The van der Waals surface area contributed by atoms with Crippen molar-refractivity contribution in [2.75, 3.05) is 13.1 Å². The zero-order valence-corrected chi connectivity index (χ0v) is 15.2. The Kier molecular flexibility index (Phi) is 30.1. The summed E-state index contributed by atoms with van der Waals surface area (Å²) >= 11 is 0. The Morgan fingerprint density at radius 3 is 1.90 bits per heavy atom. The monoisotopic (exact) mass is 318 g/mol. The normalized spacial score (nSPS) is 8.35. The number of carboxylic acid groups (broad SMARTS) is 1. The number of aliphatic carboxylic acids is 1. The fourth-order valence-corrected chi connectivity index (χ4v) is 1.08. The molecule has 114 valence electrons. The van der Waals surface area contributed by atoms with Gasteiger partial charge in [0, 0.05) is 12.8 Å². The molecule has 6 nitrogen and oxygen atoms in total. The SMILES string of the molecule is CC(=O)CCCC[NH3+].NCCCCC(=O)C(=O)[O-].[Cl-].[Na+]. The number of carbonyl (C=O) groups is 3. The summed E-state index contributed by atoms with van der Waals surface area (Å²) < 4.78 is 0. The molecule has 0 aromatic heterocycles. The van der Waals surface area contributed by atoms with E-state index in [9.17, 15) is 19.5 Å². The first-order chi connectivity index (χ1) is 8.45. The number of Topliss-reactive ketones (excluding diaryl/α,β-unsaturated/α-hetero) is 2. The molecule has 0 atom stereocenters. The quantitative estimate of drug-likeness (QED) is 0.248. The van der Waals surface area contributed by atoms with Crippen molar-refractivity contribution in [3.63, 3.8) is 0 Å². The minimum absolute atomic E-state index is 0. The molecule has 0 aromatic carbocycles. The molecule has 0 saturated heterocycles. The van der Waals surface area contributed by atoms with E-state index in [1.165, 1.54) is 0 Å². The van der Waals surface area contributed by atoms with Crippen molar-refractivity contribution in [3.8, 4) is 0 Å². The van der Waals surface area contributed by atoms with E-state index < -0.39 is 11.8 Å². The van der Waals surface area contributed by atoms with Crippen molar-refractivity contribution in [1.29, 1.82) is 0 Å². The molecule has 0 fully saturated rings. The Hall–Kier alpha value is 0.0200. The Balaban J connectivity index is -0.000000119. The van der Waals surface area contributed by atoms with Crippen molar-refractivity contribution in [2.45, 2.75) is 45.4 Å². The molecule has 5 N–H and O–H groups in total. The molecule has 0 spiro atoms. The maximum Gasteiger partial charge on any atom is 1.00 e. The average Bonchev–Trinajstić information content (AvgIpc) is 2.30. The van der Waals surface area contributed by atoms with Gasteiger partial charge in [-0.15, -0.1) is 0 Å². The summed E-state index contributed by atoms with van der Waals surface area (Å²) in [7, 11) is 0. The number of quaternary nitrogens is 1. The first-order valence-corrected chi connectivity index (χ1v) is 6.18. The second-order valence-corrected chi connectivity index (χ2v) is 3.97. The van der Waals surface area contributed by atoms with Crippen LogP contribution in [0.1, 0.15) is 45.4 Å². The second kappa shape index (κ2) is 21.3. The van der Waals surface area contributed by atoms with Gasteiger partial charge in [-0.3, -0.25) is 4.79 Å². The summed E-state index contributed by atoms with van der Waals surface area (Å²) in [4.78, 5) is 30.4. The van der Waals surface area contributed by atoms with Gasteiger partial charge in [0.15, 0.2) is 5.78 Å². The first-order valence-electron chi connectivity index (χ1n) is 6.18. The Bertz CT molecular complexity index is 266. The maximum absolute atomic E-state index is 10.3. The number of hydrogen-bond acceptors (Lipinski definition) is 5. The van der Waals surface area contributed by atoms with Gasteiger partial charge in [-0.25, -0.2) is 0 Å². The zero-order valence-electron chi connectivity index (χ0n) is 12.5. The molecular formula is C12H24ClN2NaO4. The number of ketones is 2. The van der Waals surface area contributed by atoms with Gasteiger partial charge in [-0.1, -0.05) is 0 Å². The third-order valence-electron chi connectivity index (χ3n) is 2.11. The van der Waals surface area contributed by atoms with Crippen LogP contribution in [0.3, 0.4) is 0 Å². The molecule has 0 aliphatic rings. The van der Waals surface area contributed by atoms with Crippen LogP contribution in [0.15, 0.2) is 0 Å². The fourth-order valence-electron chi connectivity index (χ4n) is 1.08. The van der Waals surface area contributed by atoms with Crippen LogP contribution in [0.25, 0.3) is 0 Å². The van der Waals surface area contributed by atoms with Crippen LogP contribution in [0.2, 0.25) is 0 Å². The van der Waals surface area contributed by atoms with Crippen molar-refractivity contribution in [1.82, 2.24) is 0 Å². The minimum Gasteiger partial charge on any atom is -1.00 e. The molecule has 20 heavy (non-hydrogen) atoms. The Morgan fingerprint density at radius 2 is 1.55 bits per heavy atom. The number of carbonyl (C=O) groups excluding carboxylic acids is 3. The standard InChI is InChI=1S/C6H11NO3.C6H13NO.ClH.Na/c7-4-2-1-3-5(8)6(9)10;1-6(8)4-2-3-5-7;;/h1-4,7H2,(H,9,10);2-5,7H2,1H3;1H;/q;;;+1/p-1. The van der Waals surface area contributed by atoms with E-state index >= 15 is 0 Å². The van der Waals surface area contributed by atoms with Crippen LogP contribution in [0.4, 0.5) is 0 Å². The number of rotatable bonds is 9. The number of carboxylic acids is 1. The van der Waals surface area contributed by atoms with Gasteiger partial charge < -0.3 is 38.6 Å². The van der Waals surface area contributed by atoms with Gasteiger partial charge in [0.2, 0.25) is 0 Å². The number of hydrogen-bond donors (Lipinski definition) is 2. The number of nitrogens with two attached hydrogens (primary N) is 1. The predicted octanol–water partition coefficient (Wildman–Crippen LogP) is -7.57. The van der Waals surface area contributed by atoms with Gasteiger partial charge in [0.25, 0.3) is 0 Å². The molecule has 0 radical (unpaired) electrons. The van der Waals surface area contributed by atoms with Crippen molar-refractivity contribution in [3.05, 3.63) is 0 Å². The van der Waals surface area contributed by atoms with Crippen LogP contribution >= 0.6 is 0 Å². The van der Waals surface area contributed by atoms with Crippen LogP contribution in [-0.2, 0) is 14.4 Å². The van der Waals surface area contributed by atoms with Crippen molar-refractivity contribution >= 4 is 17.5 Å². The van der Waals surface area contributed by atoms with Gasteiger partial charge in [0.05, 0.1) is 6.54 Å². The smallest absolute Gasteiger partial charge is 1.00 e. The summed E-state index contributed by atoms with van der Waals surface area (Å²) in [6.07, 6.45) is 4.08. The van der Waals surface area contributed by atoms with Crippen LogP contribution in [0, 0.1) is 0 Å². The minimum atomic E-state index is -1.60. The maximum atomic E-state index is 10.3.